The number of piperazine rings is 1. The van der Waals surface area contributed by atoms with Gasteiger partial charge in [-0.2, -0.15) is 0 Å². The summed E-state index contributed by atoms with van der Waals surface area (Å²) in [6.45, 7) is 7.91. The average molecular weight is 347 g/mol. The van der Waals surface area contributed by atoms with E-state index in [1.54, 1.807) is 11.3 Å². The van der Waals surface area contributed by atoms with E-state index in [1.165, 1.54) is 4.88 Å². The number of thiophene rings is 1. The number of hydrogen-bond acceptors (Lipinski definition) is 5. The highest BCUT2D eigenvalue weighted by Crippen LogP contribution is 2.34. The van der Waals surface area contributed by atoms with Gasteiger partial charge in [0, 0.05) is 40.4 Å². The summed E-state index contributed by atoms with van der Waals surface area (Å²) < 4.78 is 6.32. The third-order valence-electron chi connectivity index (χ3n) is 3.17. The molecule has 2 rings (SSSR count). The van der Waals surface area contributed by atoms with E-state index in [2.05, 4.69) is 33.1 Å². The number of halogens is 1. The summed E-state index contributed by atoms with van der Waals surface area (Å²) in [6, 6.07) is 1.78. The molecule has 0 radical (unpaired) electrons. The minimum absolute atomic E-state index is 0.141. The highest BCUT2D eigenvalue weighted by atomic mass is 79.9. The Bertz CT molecular complexity index is 424. The average Bonchev–Trinajstić information content (AvgIpc) is 2.71. The number of carbonyl (C=O) groups is 1. The highest BCUT2D eigenvalue weighted by Gasteiger charge is 2.31. The van der Waals surface area contributed by atoms with Crippen LogP contribution >= 0.6 is 27.3 Å². The van der Waals surface area contributed by atoms with Gasteiger partial charge in [-0.3, -0.25) is 4.90 Å². The van der Waals surface area contributed by atoms with Gasteiger partial charge in [0.05, 0.1) is 6.61 Å². The first-order valence-corrected chi connectivity index (χ1v) is 8.11. The lowest BCUT2D eigenvalue weighted by Crippen LogP contribution is -2.47. The molecule has 0 aromatic carbocycles. The number of ether oxygens (including phenoxy) is 1. The van der Waals surface area contributed by atoms with Crippen molar-refractivity contribution in [1.29, 1.82) is 0 Å². The van der Waals surface area contributed by atoms with Crippen molar-refractivity contribution < 1.29 is 9.53 Å². The molecule has 0 aliphatic carbocycles. The van der Waals surface area contributed by atoms with E-state index >= 15 is 0 Å². The molecule has 4 nitrogen and oxygen atoms in total. The minimum atomic E-state index is -0.267. The van der Waals surface area contributed by atoms with Crippen molar-refractivity contribution in [1.82, 2.24) is 10.2 Å². The van der Waals surface area contributed by atoms with Gasteiger partial charge in [0.2, 0.25) is 0 Å². The van der Waals surface area contributed by atoms with Crippen LogP contribution in [0.2, 0.25) is 0 Å². The Morgan fingerprint density at radius 3 is 2.79 bits per heavy atom. The molecule has 0 spiro atoms. The molecule has 1 unspecified atom stereocenters. The maximum Gasteiger partial charge on any atom is 0.328 e. The van der Waals surface area contributed by atoms with Crippen LogP contribution in [0, 0.1) is 6.92 Å². The van der Waals surface area contributed by atoms with Gasteiger partial charge >= 0.3 is 5.97 Å². The number of hydrogen-bond donors (Lipinski definition) is 1. The lowest BCUT2D eigenvalue weighted by atomic mass is 10.2. The molecule has 1 aromatic rings. The van der Waals surface area contributed by atoms with Gasteiger partial charge < -0.3 is 10.1 Å². The normalized spacial score (nSPS) is 18.3. The molecule has 0 amide bonds. The van der Waals surface area contributed by atoms with E-state index < -0.39 is 0 Å². The zero-order chi connectivity index (χ0) is 13.8. The fraction of sp³-hybridized carbons (Fsp3) is 0.615. The van der Waals surface area contributed by atoms with Crippen LogP contribution in [0.5, 0.6) is 0 Å². The minimum Gasteiger partial charge on any atom is -0.465 e. The summed E-state index contributed by atoms with van der Waals surface area (Å²) in [5.74, 6) is -0.141. The Morgan fingerprint density at radius 2 is 2.26 bits per heavy atom. The van der Waals surface area contributed by atoms with E-state index in [0.717, 1.165) is 35.5 Å². The Labute approximate surface area is 126 Å². The Morgan fingerprint density at radius 1 is 1.58 bits per heavy atom. The molecule has 1 aliphatic heterocycles. The molecule has 6 heteroatoms. The maximum atomic E-state index is 12.3. The van der Waals surface area contributed by atoms with Gasteiger partial charge in [0.15, 0.2) is 0 Å². The number of esters is 1. The molecule has 1 aromatic heterocycles. The molecule has 19 heavy (non-hydrogen) atoms. The van der Waals surface area contributed by atoms with Gasteiger partial charge in [-0.15, -0.1) is 11.3 Å². The second kappa shape index (κ2) is 6.83. The molecule has 1 aliphatic rings. The quantitative estimate of drug-likeness (QED) is 0.849. The van der Waals surface area contributed by atoms with E-state index in [4.69, 9.17) is 4.74 Å². The Kier molecular flexibility index (Phi) is 5.38. The smallest absolute Gasteiger partial charge is 0.328 e. The van der Waals surface area contributed by atoms with Crippen molar-refractivity contribution >= 4 is 33.2 Å². The van der Waals surface area contributed by atoms with E-state index in [1.807, 2.05) is 13.0 Å². The summed E-state index contributed by atoms with van der Waals surface area (Å²) in [6.07, 6.45) is 0. The standard InChI is InChI=1S/C13H19BrN2O2S/c1-3-18-13(17)12(16-6-4-15-5-7-16)11-8-10(14)9(2)19-11/h8,12,15H,3-7H2,1-2H3. The van der Waals surface area contributed by atoms with Gasteiger partial charge in [-0.25, -0.2) is 4.79 Å². The van der Waals surface area contributed by atoms with E-state index in [0.29, 0.717) is 6.61 Å². The zero-order valence-corrected chi connectivity index (χ0v) is 13.6. The van der Waals surface area contributed by atoms with Crippen LogP contribution in [0.1, 0.15) is 22.7 Å². The molecule has 2 heterocycles. The summed E-state index contributed by atoms with van der Waals surface area (Å²) >= 11 is 5.18. The van der Waals surface area contributed by atoms with Crippen LogP contribution in [0.4, 0.5) is 0 Å². The van der Waals surface area contributed by atoms with Crippen LogP contribution in [-0.4, -0.2) is 43.7 Å². The molecular formula is C13H19BrN2O2S. The predicted molar refractivity (Wildman–Crippen MR) is 80.6 cm³/mol. The largest absolute Gasteiger partial charge is 0.465 e. The molecule has 106 valence electrons. The molecule has 1 N–H and O–H groups in total. The van der Waals surface area contributed by atoms with Crippen LogP contribution < -0.4 is 5.32 Å². The van der Waals surface area contributed by atoms with E-state index in [-0.39, 0.29) is 12.0 Å². The first-order chi connectivity index (χ1) is 9.13. The van der Waals surface area contributed by atoms with Crippen molar-refractivity contribution in [2.24, 2.45) is 0 Å². The summed E-state index contributed by atoms with van der Waals surface area (Å²) in [4.78, 5) is 16.7. The third kappa shape index (κ3) is 3.56. The topological polar surface area (TPSA) is 41.6 Å². The third-order valence-corrected chi connectivity index (χ3v) is 5.36. The number of aryl methyl sites for hydroxylation is 1. The second-order valence-corrected chi connectivity index (χ2v) is 6.64. The summed E-state index contributed by atoms with van der Waals surface area (Å²) in [7, 11) is 0. The van der Waals surface area contributed by atoms with Crippen LogP contribution in [0.3, 0.4) is 0 Å². The fourth-order valence-corrected chi connectivity index (χ4v) is 3.91. The van der Waals surface area contributed by atoms with Crippen molar-refractivity contribution in [3.63, 3.8) is 0 Å². The SMILES string of the molecule is CCOC(=O)C(c1cc(Br)c(C)s1)N1CCNCC1. The number of nitrogens with zero attached hydrogens (tertiary/aromatic N) is 1. The first kappa shape index (κ1) is 15.0. The first-order valence-electron chi connectivity index (χ1n) is 6.50. The van der Waals surface area contributed by atoms with Gasteiger partial charge in [-0.1, -0.05) is 0 Å². The molecular weight excluding hydrogens is 328 g/mol. The predicted octanol–water partition coefficient (Wildman–Crippen LogP) is 2.33. The Balaban J connectivity index is 2.24. The number of rotatable bonds is 4. The van der Waals surface area contributed by atoms with Crippen LogP contribution in [-0.2, 0) is 9.53 Å². The zero-order valence-electron chi connectivity index (χ0n) is 11.2. The van der Waals surface area contributed by atoms with Crippen molar-refractivity contribution in [2.45, 2.75) is 19.9 Å². The lowest BCUT2D eigenvalue weighted by Gasteiger charge is -2.32. The molecule has 0 bridgehead atoms. The highest BCUT2D eigenvalue weighted by molar-refractivity contribution is 9.10. The van der Waals surface area contributed by atoms with Crippen molar-refractivity contribution in [3.8, 4) is 0 Å². The van der Waals surface area contributed by atoms with Crippen LogP contribution in [0.25, 0.3) is 0 Å². The fourth-order valence-electron chi connectivity index (χ4n) is 2.22. The summed E-state index contributed by atoms with van der Waals surface area (Å²) in [5, 5.41) is 3.31. The molecule has 1 atom stereocenters. The molecule has 0 saturated carbocycles. The van der Waals surface area contributed by atoms with Crippen molar-refractivity contribution in [2.75, 3.05) is 32.8 Å². The second-order valence-electron chi connectivity index (χ2n) is 4.49. The monoisotopic (exact) mass is 346 g/mol. The maximum absolute atomic E-state index is 12.3. The molecule has 1 saturated heterocycles. The van der Waals surface area contributed by atoms with Crippen molar-refractivity contribution in [3.05, 3.63) is 20.3 Å². The summed E-state index contributed by atoms with van der Waals surface area (Å²) in [5.41, 5.74) is 0. The number of carbonyl (C=O) groups excluding carboxylic acids is 1. The Hall–Kier alpha value is -0.430. The van der Waals surface area contributed by atoms with Gasteiger partial charge in [-0.05, 0) is 35.8 Å². The molecule has 1 fully saturated rings. The van der Waals surface area contributed by atoms with E-state index in [9.17, 15) is 4.79 Å². The number of nitrogens with one attached hydrogen (secondary N) is 1. The lowest BCUT2D eigenvalue weighted by molar-refractivity contribution is -0.150. The van der Waals surface area contributed by atoms with Crippen LogP contribution in [0.15, 0.2) is 10.5 Å². The van der Waals surface area contributed by atoms with Gasteiger partial charge in [0.25, 0.3) is 0 Å². The van der Waals surface area contributed by atoms with Gasteiger partial charge in [0.1, 0.15) is 6.04 Å².